The number of hydrogen-bond donors (Lipinski definition) is 2. The average Bonchev–Trinajstić information content (AvgIpc) is 2.71. The summed E-state index contributed by atoms with van der Waals surface area (Å²) in [5, 5.41) is 2.29. The Balaban J connectivity index is 1.47. The van der Waals surface area contributed by atoms with Crippen LogP contribution in [0.2, 0.25) is 0 Å². The van der Waals surface area contributed by atoms with Crippen LogP contribution in [0.5, 0.6) is 5.75 Å². The molecule has 0 spiro atoms. The number of hydrogen-bond acceptors (Lipinski definition) is 4. The molecule has 138 valence electrons. The molecule has 27 heavy (non-hydrogen) atoms. The van der Waals surface area contributed by atoms with Crippen molar-refractivity contribution in [3.05, 3.63) is 72.3 Å². The van der Waals surface area contributed by atoms with Crippen LogP contribution < -0.4 is 15.6 Å². The van der Waals surface area contributed by atoms with E-state index in [1.807, 2.05) is 49.4 Å². The zero-order chi connectivity index (χ0) is 19.1. The summed E-state index contributed by atoms with van der Waals surface area (Å²) >= 11 is 1.42. The summed E-state index contributed by atoms with van der Waals surface area (Å²) in [6, 6.07) is 20.9. The van der Waals surface area contributed by atoms with Gasteiger partial charge >= 0.3 is 0 Å². The van der Waals surface area contributed by atoms with Crippen LogP contribution in [0.3, 0.4) is 0 Å². The van der Waals surface area contributed by atoms with Crippen molar-refractivity contribution in [1.29, 1.82) is 0 Å². The number of benzene rings is 3. The Morgan fingerprint density at radius 3 is 2.41 bits per heavy atom. The highest BCUT2D eigenvalue weighted by Crippen LogP contribution is 2.23. The molecule has 0 aliphatic rings. The molecule has 0 fully saturated rings. The van der Waals surface area contributed by atoms with E-state index in [2.05, 4.69) is 10.9 Å². The van der Waals surface area contributed by atoms with Crippen molar-refractivity contribution in [3.63, 3.8) is 0 Å². The van der Waals surface area contributed by atoms with E-state index in [9.17, 15) is 9.59 Å². The molecule has 0 saturated heterocycles. The van der Waals surface area contributed by atoms with E-state index in [1.54, 1.807) is 24.3 Å². The summed E-state index contributed by atoms with van der Waals surface area (Å²) in [5.41, 5.74) is 5.31. The molecule has 6 heteroatoms. The fraction of sp³-hybridized carbons (Fsp3) is 0.143. The average molecular weight is 380 g/mol. The van der Waals surface area contributed by atoms with E-state index in [0.717, 1.165) is 15.7 Å². The summed E-state index contributed by atoms with van der Waals surface area (Å²) in [5.74, 6) is 0.265. The first-order valence-corrected chi connectivity index (χ1v) is 9.58. The predicted molar refractivity (Wildman–Crippen MR) is 108 cm³/mol. The van der Waals surface area contributed by atoms with Gasteiger partial charge in [-0.15, -0.1) is 11.8 Å². The van der Waals surface area contributed by atoms with Gasteiger partial charge in [-0.2, -0.15) is 0 Å². The molecule has 0 radical (unpaired) electrons. The molecule has 0 bridgehead atoms. The van der Waals surface area contributed by atoms with Crippen molar-refractivity contribution in [3.8, 4) is 5.75 Å². The summed E-state index contributed by atoms with van der Waals surface area (Å²) in [6.07, 6.45) is 0. The second kappa shape index (κ2) is 9.09. The van der Waals surface area contributed by atoms with E-state index in [-0.39, 0.29) is 17.6 Å². The number of thioether (sulfide) groups is 1. The zero-order valence-electron chi connectivity index (χ0n) is 14.9. The highest BCUT2D eigenvalue weighted by atomic mass is 32.2. The number of nitrogens with one attached hydrogen (secondary N) is 2. The van der Waals surface area contributed by atoms with Gasteiger partial charge in [0.2, 0.25) is 5.91 Å². The molecule has 0 unspecified atom stereocenters. The van der Waals surface area contributed by atoms with Crippen molar-refractivity contribution < 1.29 is 14.3 Å². The van der Waals surface area contributed by atoms with Gasteiger partial charge in [-0.3, -0.25) is 20.4 Å². The summed E-state index contributed by atoms with van der Waals surface area (Å²) in [6.45, 7) is 2.46. The zero-order valence-corrected chi connectivity index (χ0v) is 15.7. The molecule has 0 aliphatic carbocycles. The number of amides is 2. The number of carbonyl (C=O) groups is 2. The van der Waals surface area contributed by atoms with Crippen LogP contribution in [0.25, 0.3) is 10.8 Å². The van der Waals surface area contributed by atoms with Gasteiger partial charge in [0.05, 0.1) is 12.4 Å². The van der Waals surface area contributed by atoms with Crippen LogP contribution >= 0.6 is 11.8 Å². The molecule has 0 heterocycles. The molecular formula is C21H20N2O3S. The lowest BCUT2D eigenvalue weighted by Gasteiger charge is -2.08. The van der Waals surface area contributed by atoms with Crippen LogP contribution in [0.1, 0.15) is 17.3 Å². The maximum Gasteiger partial charge on any atom is 0.269 e. The minimum absolute atomic E-state index is 0.210. The van der Waals surface area contributed by atoms with E-state index >= 15 is 0 Å². The fourth-order valence-corrected chi connectivity index (χ4v) is 3.25. The van der Waals surface area contributed by atoms with E-state index in [1.165, 1.54) is 11.8 Å². The van der Waals surface area contributed by atoms with Gasteiger partial charge in [0.1, 0.15) is 5.75 Å². The van der Waals surface area contributed by atoms with Crippen LogP contribution in [-0.4, -0.2) is 24.2 Å². The lowest BCUT2D eigenvalue weighted by Crippen LogP contribution is -2.42. The van der Waals surface area contributed by atoms with Crippen LogP contribution in [0.4, 0.5) is 0 Å². The molecule has 3 rings (SSSR count). The van der Waals surface area contributed by atoms with Crippen molar-refractivity contribution in [2.75, 3.05) is 12.4 Å². The van der Waals surface area contributed by atoms with Gasteiger partial charge in [-0.25, -0.2) is 0 Å². The Bertz CT molecular complexity index is 942. The van der Waals surface area contributed by atoms with Gasteiger partial charge in [0.15, 0.2) is 0 Å². The Kier molecular flexibility index (Phi) is 6.33. The molecular weight excluding hydrogens is 360 g/mol. The largest absolute Gasteiger partial charge is 0.494 e. The number of ether oxygens (including phenoxy) is 1. The third-order valence-electron chi connectivity index (χ3n) is 3.83. The topological polar surface area (TPSA) is 67.4 Å². The van der Waals surface area contributed by atoms with Gasteiger partial charge < -0.3 is 4.74 Å². The monoisotopic (exact) mass is 380 g/mol. The van der Waals surface area contributed by atoms with Crippen LogP contribution in [-0.2, 0) is 4.79 Å². The molecule has 3 aromatic rings. The Labute approximate surface area is 162 Å². The fourth-order valence-electron chi connectivity index (χ4n) is 2.51. The van der Waals surface area contributed by atoms with E-state index in [4.69, 9.17) is 4.74 Å². The Morgan fingerprint density at radius 2 is 1.67 bits per heavy atom. The predicted octanol–water partition coefficient (Wildman–Crippen LogP) is 3.79. The highest BCUT2D eigenvalue weighted by molar-refractivity contribution is 8.00. The minimum Gasteiger partial charge on any atom is -0.494 e. The van der Waals surface area contributed by atoms with Crippen molar-refractivity contribution in [2.45, 2.75) is 11.8 Å². The van der Waals surface area contributed by atoms with Gasteiger partial charge in [0, 0.05) is 10.5 Å². The molecule has 0 saturated carbocycles. The SMILES string of the molecule is CCOc1ccc(C(=O)NNC(=O)CSc2ccc3ccccc3c2)cc1. The van der Waals surface area contributed by atoms with Crippen LogP contribution in [0, 0.1) is 0 Å². The number of rotatable bonds is 6. The molecule has 0 atom stereocenters. The molecule has 5 nitrogen and oxygen atoms in total. The molecule has 0 aromatic heterocycles. The normalized spacial score (nSPS) is 10.4. The van der Waals surface area contributed by atoms with Crippen molar-refractivity contribution >= 4 is 34.3 Å². The second-order valence-corrected chi connectivity index (χ2v) is 6.81. The van der Waals surface area contributed by atoms with Crippen molar-refractivity contribution in [1.82, 2.24) is 10.9 Å². The van der Waals surface area contributed by atoms with Gasteiger partial charge in [0.25, 0.3) is 5.91 Å². The summed E-state index contributed by atoms with van der Waals surface area (Å²) in [7, 11) is 0. The molecule has 2 N–H and O–H groups in total. The Morgan fingerprint density at radius 1 is 0.926 bits per heavy atom. The highest BCUT2D eigenvalue weighted by Gasteiger charge is 2.08. The second-order valence-electron chi connectivity index (χ2n) is 5.76. The smallest absolute Gasteiger partial charge is 0.269 e. The first-order valence-electron chi connectivity index (χ1n) is 8.59. The standard InChI is InChI=1S/C21H20N2O3S/c1-2-26-18-10-7-16(8-11-18)21(25)23-22-20(24)14-27-19-12-9-15-5-3-4-6-17(15)13-19/h3-13H,2,14H2,1H3,(H,22,24)(H,23,25). The quantitative estimate of drug-likeness (QED) is 0.504. The Hall–Kier alpha value is -2.99. The third-order valence-corrected chi connectivity index (χ3v) is 4.83. The third kappa shape index (κ3) is 5.24. The molecule has 3 aromatic carbocycles. The van der Waals surface area contributed by atoms with E-state index < -0.39 is 0 Å². The summed E-state index contributed by atoms with van der Waals surface area (Å²) in [4.78, 5) is 25.1. The summed E-state index contributed by atoms with van der Waals surface area (Å²) < 4.78 is 5.34. The maximum atomic E-state index is 12.1. The van der Waals surface area contributed by atoms with E-state index in [0.29, 0.717) is 17.9 Å². The minimum atomic E-state index is -0.373. The van der Waals surface area contributed by atoms with Gasteiger partial charge in [-0.1, -0.05) is 30.3 Å². The maximum absolute atomic E-state index is 12.1. The first kappa shape index (κ1) is 18.8. The molecule has 2 amide bonds. The van der Waals surface area contributed by atoms with Crippen molar-refractivity contribution in [2.24, 2.45) is 0 Å². The van der Waals surface area contributed by atoms with Crippen LogP contribution in [0.15, 0.2) is 71.6 Å². The number of hydrazine groups is 1. The van der Waals surface area contributed by atoms with Gasteiger partial charge in [-0.05, 0) is 54.1 Å². The lowest BCUT2D eigenvalue weighted by atomic mass is 10.1. The molecule has 0 aliphatic heterocycles. The number of carbonyl (C=O) groups excluding carboxylic acids is 2. The number of fused-ring (bicyclic) bond motifs is 1. The first-order chi connectivity index (χ1) is 13.2. The lowest BCUT2D eigenvalue weighted by molar-refractivity contribution is -0.119.